The molecule has 0 unspecified atom stereocenters. The Hall–Kier alpha value is -1.20. The van der Waals surface area contributed by atoms with E-state index < -0.39 is 0 Å². The standard InChI is InChI=1S/C14H20N4S/c1-3-15-13-11-6-7-19-14(11)17-12(16-13)9-18(2)8-10-4-5-10/h6-7,10H,3-5,8-9H2,1-2H3,(H,15,16,17). The van der Waals surface area contributed by atoms with Gasteiger partial charge in [-0.1, -0.05) is 0 Å². The second kappa shape index (κ2) is 5.43. The third-order valence-corrected chi connectivity index (χ3v) is 4.20. The first-order valence-electron chi connectivity index (χ1n) is 6.92. The summed E-state index contributed by atoms with van der Waals surface area (Å²) in [4.78, 5) is 12.8. The van der Waals surface area contributed by atoms with Crippen LogP contribution in [0.2, 0.25) is 0 Å². The van der Waals surface area contributed by atoms with Crippen LogP contribution >= 0.6 is 11.3 Å². The van der Waals surface area contributed by atoms with Crippen LogP contribution in [0, 0.1) is 5.92 Å². The summed E-state index contributed by atoms with van der Waals surface area (Å²) in [7, 11) is 2.16. The molecule has 0 radical (unpaired) electrons. The van der Waals surface area contributed by atoms with Crippen LogP contribution in [-0.2, 0) is 6.54 Å². The molecule has 102 valence electrons. The Morgan fingerprint density at radius 1 is 1.42 bits per heavy atom. The first kappa shape index (κ1) is 12.8. The number of nitrogens with one attached hydrogen (secondary N) is 1. The molecule has 0 saturated heterocycles. The van der Waals surface area contributed by atoms with Gasteiger partial charge in [-0.2, -0.15) is 0 Å². The maximum atomic E-state index is 4.67. The van der Waals surface area contributed by atoms with Crippen molar-refractivity contribution in [2.24, 2.45) is 5.92 Å². The zero-order valence-electron chi connectivity index (χ0n) is 11.5. The highest BCUT2D eigenvalue weighted by atomic mass is 32.1. The van der Waals surface area contributed by atoms with E-state index in [1.165, 1.54) is 19.4 Å². The van der Waals surface area contributed by atoms with Gasteiger partial charge in [0.05, 0.1) is 11.9 Å². The fourth-order valence-corrected chi connectivity index (χ4v) is 3.10. The molecule has 0 amide bonds. The van der Waals surface area contributed by atoms with Gasteiger partial charge in [0, 0.05) is 13.1 Å². The van der Waals surface area contributed by atoms with Crippen LogP contribution in [0.25, 0.3) is 10.2 Å². The van der Waals surface area contributed by atoms with Crippen LogP contribution in [0.4, 0.5) is 5.82 Å². The highest BCUT2D eigenvalue weighted by Gasteiger charge is 2.23. The monoisotopic (exact) mass is 276 g/mol. The van der Waals surface area contributed by atoms with E-state index in [2.05, 4.69) is 45.6 Å². The second-order valence-corrected chi connectivity index (χ2v) is 6.19. The zero-order valence-corrected chi connectivity index (χ0v) is 12.3. The predicted molar refractivity (Wildman–Crippen MR) is 80.6 cm³/mol. The molecule has 19 heavy (non-hydrogen) atoms. The van der Waals surface area contributed by atoms with Crippen molar-refractivity contribution >= 4 is 27.4 Å². The van der Waals surface area contributed by atoms with Crippen LogP contribution < -0.4 is 5.32 Å². The largest absolute Gasteiger partial charge is 0.370 e. The fourth-order valence-electron chi connectivity index (χ4n) is 2.32. The number of anilines is 1. The van der Waals surface area contributed by atoms with Gasteiger partial charge in [0.2, 0.25) is 0 Å². The summed E-state index contributed by atoms with van der Waals surface area (Å²) >= 11 is 1.69. The van der Waals surface area contributed by atoms with Crippen LogP contribution in [0.3, 0.4) is 0 Å². The number of thiophene rings is 1. The lowest BCUT2D eigenvalue weighted by atomic mass is 10.3. The van der Waals surface area contributed by atoms with E-state index in [4.69, 9.17) is 0 Å². The molecule has 2 aromatic rings. The fraction of sp³-hybridized carbons (Fsp3) is 0.571. The Labute approximate surface area is 117 Å². The Kier molecular flexibility index (Phi) is 3.66. The molecule has 1 N–H and O–H groups in total. The lowest BCUT2D eigenvalue weighted by molar-refractivity contribution is 0.306. The van der Waals surface area contributed by atoms with Crippen molar-refractivity contribution in [2.45, 2.75) is 26.3 Å². The van der Waals surface area contributed by atoms with Gasteiger partial charge in [0.25, 0.3) is 0 Å². The summed E-state index contributed by atoms with van der Waals surface area (Å²) in [6.07, 6.45) is 2.77. The lowest BCUT2D eigenvalue weighted by Crippen LogP contribution is -2.22. The molecule has 5 heteroatoms. The van der Waals surface area contributed by atoms with Crippen LogP contribution in [0.5, 0.6) is 0 Å². The molecule has 0 spiro atoms. The van der Waals surface area contributed by atoms with Crippen molar-refractivity contribution in [1.82, 2.24) is 14.9 Å². The van der Waals surface area contributed by atoms with Gasteiger partial charge in [-0.15, -0.1) is 11.3 Å². The number of hydrogen-bond acceptors (Lipinski definition) is 5. The van der Waals surface area contributed by atoms with E-state index in [1.807, 2.05) is 0 Å². The summed E-state index contributed by atoms with van der Waals surface area (Å²) in [5.41, 5.74) is 0. The zero-order chi connectivity index (χ0) is 13.2. The van der Waals surface area contributed by atoms with E-state index in [0.29, 0.717) is 0 Å². The maximum Gasteiger partial charge on any atom is 0.146 e. The van der Waals surface area contributed by atoms with E-state index in [0.717, 1.165) is 40.9 Å². The summed E-state index contributed by atoms with van der Waals surface area (Å²) in [6, 6.07) is 2.09. The molecular formula is C14H20N4S. The summed E-state index contributed by atoms with van der Waals surface area (Å²) in [6.45, 7) is 4.99. The van der Waals surface area contributed by atoms with Crippen LogP contribution in [0.1, 0.15) is 25.6 Å². The number of hydrogen-bond donors (Lipinski definition) is 1. The van der Waals surface area contributed by atoms with E-state index in [-0.39, 0.29) is 0 Å². The molecular weight excluding hydrogens is 256 g/mol. The molecule has 0 bridgehead atoms. The van der Waals surface area contributed by atoms with Gasteiger partial charge in [0.1, 0.15) is 16.5 Å². The highest BCUT2D eigenvalue weighted by Crippen LogP contribution is 2.30. The number of fused-ring (bicyclic) bond motifs is 1. The van der Waals surface area contributed by atoms with Crippen LogP contribution in [0.15, 0.2) is 11.4 Å². The Morgan fingerprint density at radius 2 is 2.26 bits per heavy atom. The van der Waals surface area contributed by atoms with Crippen molar-refractivity contribution in [1.29, 1.82) is 0 Å². The number of nitrogens with zero attached hydrogens (tertiary/aromatic N) is 3. The summed E-state index contributed by atoms with van der Waals surface area (Å²) in [5, 5.41) is 6.56. The van der Waals surface area contributed by atoms with Gasteiger partial charge >= 0.3 is 0 Å². The average Bonchev–Trinajstić information content (AvgIpc) is 3.04. The molecule has 1 fully saturated rings. The van der Waals surface area contributed by atoms with Crippen molar-refractivity contribution in [2.75, 3.05) is 25.5 Å². The summed E-state index contributed by atoms with van der Waals surface area (Å²) < 4.78 is 0. The van der Waals surface area contributed by atoms with E-state index >= 15 is 0 Å². The minimum Gasteiger partial charge on any atom is -0.370 e. The van der Waals surface area contributed by atoms with E-state index in [9.17, 15) is 0 Å². The Morgan fingerprint density at radius 3 is 3.00 bits per heavy atom. The lowest BCUT2D eigenvalue weighted by Gasteiger charge is -2.15. The first-order valence-corrected chi connectivity index (χ1v) is 7.80. The second-order valence-electron chi connectivity index (χ2n) is 5.30. The molecule has 0 aromatic carbocycles. The number of aromatic nitrogens is 2. The molecule has 4 nitrogen and oxygen atoms in total. The smallest absolute Gasteiger partial charge is 0.146 e. The normalized spacial score (nSPS) is 15.3. The van der Waals surface area contributed by atoms with Crippen molar-refractivity contribution in [3.8, 4) is 0 Å². The SMILES string of the molecule is CCNc1nc(CN(C)CC2CC2)nc2sccc12. The third-order valence-electron chi connectivity index (χ3n) is 3.39. The predicted octanol–water partition coefficient (Wildman–Crippen LogP) is 2.96. The average molecular weight is 276 g/mol. The molecule has 0 aliphatic heterocycles. The first-order chi connectivity index (χ1) is 9.26. The van der Waals surface area contributed by atoms with Crippen molar-refractivity contribution < 1.29 is 0 Å². The molecule has 0 atom stereocenters. The molecule has 1 aliphatic carbocycles. The highest BCUT2D eigenvalue weighted by molar-refractivity contribution is 7.16. The maximum absolute atomic E-state index is 4.67. The summed E-state index contributed by atoms with van der Waals surface area (Å²) in [5.74, 6) is 2.81. The van der Waals surface area contributed by atoms with E-state index in [1.54, 1.807) is 11.3 Å². The number of rotatable bonds is 6. The minimum absolute atomic E-state index is 0.836. The molecule has 1 saturated carbocycles. The quantitative estimate of drug-likeness (QED) is 0.880. The van der Waals surface area contributed by atoms with Gasteiger partial charge in [-0.3, -0.25) is 4.90 Å². The topological polar surface area (TPSA) is 41.1 Å². The van der Waals surface area contributed by atoms with Crippen LogP contribution in [-0.4, -0.2) is 35.0 Å². The van der Waals surface area contributed by atoms with Gasteiger partial charge in [-0.05, 0) is 44.2 Å². The molecule has 3 rings (SSSR count). The van der Waals surface area contributed by atoms with Gasteiger partial charge in [0.15, 0.2) is 0 Å². The minimum atomic E-state index is 0.836. The van der Waals surface area contributed by atoms with Crippen molar-refractivity contribution in [3.05, 3.63) is 17.3 Å². The van der Waals surface area contributed by atoms with Gasteiger partial charge < -0.3 is 5.32 Å². The Bertz CT molecular complexity index is 562. The van der Waals surface area contributed by atoms with Gasteiger partial charge in [-0.25, -0.2) is 9.97 Å². The van der Waals surface area contributed by atoms with Crippen molar-refractivity contribution in [3.63, 3.8) is 0 Å². The Balaban J connectivity index is 1.81. The third kappa shape index (κ3) is 3.04. The molecule has 2 aromatic heterocycles. The molecule has 2 heterocycles. The molecule has 1 aliphatic rings.